The van der Waals surface area contributed by atoms with Gasteiger partial charge >= 0.3 is 6.61 Å². The first-order valence-corrected chi connectivity index (χ1v) is 9.47. The molecule has 0 bridgehead atoms. The van der Waals surface area contributed by atoms with E-state index in [1.54, 1.807) is 56.6 Å². The van der Waals surface area contributed by atoms with Gasteiger partial charge in [-0.2, -0.15) is 8.78 Å². The number of ether oxygens (including phenoxy) is 2. The first kappa shape index (κ1) is 22.0. The Balaban J connectivity index is 1.79. The SMILES string of the molecule is CN(C)C(=O)COc1ccc(C(=O)C=Cc2c(OC(F)F)ccc3ccccc23)cc1. The highest BCUT2D eigenvalue weighted by atomic mass is 19.3. The van der Waals surface area contributed by atoms with E-state index in [1.807, 2.05) is 12.1 Å². The number of carbonyl (C=O) groups is 2. The van der Waals surface area contributed by atoms with Crippen LogP contribution in [0.2, 0.25) is 0 Å². The molecule has 160 valence electrons. The van der Waals surface area contributed by atoms with E-state index < -0.39 is 6.61 Å². The largest absolute Gasteiger partial charge is 0.484 e. The second-order valence-electron chi connectivity index (χ2n) is 6.88. The molecule has 0 atom stereocenters. The number of ketones is 1. The molecule has 0 saturated heterocycles. The van der Waals surface area contributed by atoms with Crippen molar-refractivity contribution in [2.75, 3.05) is 20.7 Å². The zero-order chi connectivity index (χ0) is 22.4. The Morgan fingerprint density at radius 3 is 2.39 bits per heavy atom. The normalized spacial score (nSPS) is 11.1. The highest BCUT2D eigenvalue weighted by molar-refractivity contribution is 6.08. The summed E-state index contributed by atoms with van der Waals surface area (Å²) in [7, 11) is 3.26. The van der Waals surface area contributed by atoms with Crippen LogP contribution >= 0.6 is 0 Å². The van der Waals surface area contributed by atoms with Crippen molar-refractivity contribution in [1.29, 1.82) is 0 Å². The molecule has 1 amide bonds. The number of hydrogen-bond donors (Lipinski definition) is 0. The van der Waals surface area contributed by atoms with Gasteiger partial charge in [0.25, 0.3) is 5.91 Å². The number of likely N-dealkylation sites (N-methyl/N-ethyl adjacent to an activating group) is 1. The van der Waals surface area contributed by atoms with Crippen LogP contribution in [0.3, 0.4) is 0 Å². The summed E-state index contributed by atoms with van der Waals surface area (Å²) >= 11 is 0. The molecule has 0 fully saturated rings. The molecular weight excluding hydrogens is 404 g/mol. The number of carbonyl (C=O) groups excluding carboxylic acids is 2. The second-order valence-corrected chi connectivity index (χ2v) is 6.88. The third kappa shape index (κ3) is 5.66. The molecule has 3 aromatic rings. The molecule has 31 heavy (non-hydrogen) atoms. The van der Waals surface area contributed by atoms with Crippen molar-refractivity contribution in [1.82, 2.24) is 4.90 Å². The average Bonchev–Trinajstić information content (AvgIpc) is 2.76. The van der Waals surface area contributed by atoms with Crippen LogP contribution in [0.5, 0.6) is 11.5 Å². The Morgan fingerprint density at radius 2 is 1.71 bits per heavy atom. The Morgan fingerprint density at radius 1 is 1.00 bits per heavy atom. The summed E-state index contributed by atoms with van der Waals surface area (Å²) in [4.78, 5) is 25.6. The third-order valence-electron chi connectivity index (χ3n) is 4.55. The van der Waals surface area contributed by atoms with Crippen LogP contribution in [-0.2, 0) is 4.79 Å². The zero-order valence-electron chi connectivity index (χ0n) is 17.0. The maximum atomic E-state index is 12.8. The molecule has 3 aromatic carbocycles. The summed E-state index contributed by atoms with van der Waals surface area (Å²) in [5, 5.41) is 1.53. The van der Waals surface area contributed by atoms with Gasteiger partial charge in [-0.15, -0.1) is 0 Å². The predicted molar refractivity (Wildman–Crippen MR) is 115 cm³/mol. The number of hydrogen-bond acceptors (Lipinski definition) is 4. The van der Waals surface area contributed by atoms with Crippen LogP contribution in [-0.4, -0.2) is 43.9 Å². The van der Waals surface area contributed by atoms with Crippen molar-refractivity contribution in [2.24, 2.45) is 0 Å². The van der Waals surface area contributed by atoms with E-state index >= 15 is 0 Å². The van der Waals surface area contributed by atoms with Crippen LogP contribution in [0, 0.1) is 0 Å². The molecule has 0 aliphatic heterocycles. The minimum Gasteiger partial charge on any atom is -0.484 e. The third-order valence-corrected chi connectivity index (χ3v) is 4.55. The Kier molecular flexibility index (Phi) is 6.97. The maximum absolute atomic E-state index is 12.8. The lowest BCUT2D eigenvalue weighted by atomic mass is 10.0. The van der Waals surface area contributed by atoms with Gasteiger partial charge in [0, 0.05) is 25.2 Å². The molecule has 0 saturated carbocycles. The first-order chi connectivity index (χ1) is 14.8. The number of rotatable bonds is 8. The fourth-order valence-corrected chi connectivity index (χ4v) is 2.89. The predicted octanol–water partition coefficient (Wildman–Crippen LogP) is 4.80. The summed E-state index contributed by atoms with van der Waals surface area (Å²) in [5.41, 5.74) is 0.785. The molecule has 0 spiro atoms. The fourth-order valence-electron chi connectivity index (χ4n) is 2.89. The number of nitrogens with zero attached hydrogens (tertiary/aromatic N) is 1. The second kappa shape index (κ2) is 9.84. The lowest BCUT2D eigenvalue weighted by Gasteiger charge is -2.11. The number of benzene rings is 3. The monoisotopic (exact) mass is 425 g/mol. The summed E-state index contributed by atoms with van der Waals surface area (Å²) in [5.74, 6) is -0.0451. The Hall–Kier alpha value is -3.74. The van der Waals surface area contributed by atoms with Crippen LogP contribution in [0.1, 0.15) is 15.9 Å². The van der Waals surface area contributed by atoms with Crippen molar-refractivity contribution in [3.05, 3.63) is 77.9 Å². The van der Waals surface area contributed by atoms with Crippen molar-refractivity contribution in [3.63, 3.8) is 0 Å². The first-order valence-electron chi connectivity index (χ1n) is 9.47. The van der Waals surface area contributed by atoms with E-state index in [2.05, 4.69) is 4.74 Å². The average molecular weight is 425 g/mol. The lowest BCUT2D eigenvalue weighted by Crippen LogP contribution is -2.27. The topological polar surface area (TPSA) is 55.8 Å². The van der Waals surface area contributed by atoms with E-state index in [1.165, 1.54) is 23.1 Å². The summed E-state index contributed by atoms with van der Waals surface area (Å²) in [6, 6.07) is 16.7. The molecule has 7 heteroatoms. The van der Waals surface area contributed by atoms with Crippen molar-refractivity contribution < 1.29 is 27.8 Å². The quantitative estimate of drug-likeness (QED) is 0.384. The lowest BCUT2D eigenvalue weighted by molar-refractivity contribution is -0.130. The van der Waals surface area contributed by atoms with E-state index in [9.17, 15) is 18.4 Å². The molecule has 0 heterocycles. The summed E-state index contributed by atoms with van der Waals surface area (Å²) in [6.07, 6.45) is 2.79. The van der Waals surface area contributed by atoms with Crippen LogP contribution in [0.4, 0.5) is 8.78 Å². The minimum absolute atomic E-state index is 0.00735. The zero-order valence-corrected chi connectivity index (χ0v) is 17.0. The standard InChI is InChI=1S/C24H21F2NO4/c1-27(2)23(29)15-30-18-10-7-17(8-11-18)21(28)13-12-20-19-6-4-3-5-16(19)9-14-22(20)31-24(25)26/h3-14,24H,15H2,1-2H3. The van der Waals surface area contributed by atoms with Gasteiger partial charge in [0.2, 0.25) is 0 Å². The molecule has 0 aliphatic carbocycles. The van der Waals surface area contributed by atoms with Gasteiger partial charge < -0.3 is 14.4 Å². The molecule has 5 nitrogen and oxygen atoms in total. The van der Waals surface area contributed by atoms with Gasteiger partial charge in [0.15, 0.2) is 12.4 Å². The van der Waals surface area contributed by atoms with E-state index in [4.69, 9.17) is 4.74 Å². The van der Waals surface area contributed by atoms with Gasteiger partial charge in [-0.1, -0.05) is 30.3 Å². The molecular formula is C24H21F2NO4. The van der Waals surface area contributed by atoms with Crippen LogP contribution in [0.15, 0.2) is 66.7 Å². The van der Waals surface area contributed by atoms with E-state index in [-0.39, 0.29) is 24.0 Å². The minimum atomic E-state index is -2.98. The van der Waals surface area contributed by atoms with Gasteiger partial charge in [0.1, 0.15) is 11.5 Å². The number of halogens is 2. The Labute approximate surface area is 178 Å². The Bertz CT molecular complexity index is 1110. The van der Waals surface area contributed by atoms with Gasteiger partial charge in [-0.3, -0.25) is 9.59 Å². The van der Waals surface area contributed by atoms with Crippen molar-refractivity contribution in [2.45, 2.75) is 6.61 Å². The molecule has 0 aromatic heterocycles. The number of allylic oxidation sites excluding steroid dienone is 1. The van der Waals surface area contributed by atoms with E-state index in [0.717, 1.165) is 5.39 Å². The highest BCUT2D eigenvalue weighted by Crippen LogP contribution is 2.30. The van der Waals surface area contributed by atoms with Crippen LogP contribution in [0.25, 0.3) is 16.8 Å². The van der Waals surface area contributed by atoms with Gasteiger partial charge in [-0.25, -0.2) is 0 Å². The molecule has 0 N–H and O–H groups in total. The van der Waals surface area contributed by atoms with Gasteiger partial charge in [-0.05, 0) is 53.3 Å². The smallest absolute Gasteiger partial charge is 0.387 e. The van der Waals surface area contributed by atoms with Crippen LogP contribution < -0.4 is 9.47 Å². The maximum Gasteiger partial charge on any atom is 0.387 e. The summed E-state index contributed by atoms with van der Waals surface area (Å²) in [6.45, 7) is -3.08. The molecule has 0 aliphatic rings. The number of alkyl halides is 2. The van der Waals surface area contributed by atoms with E-state index in [0.29, 0.717) is 22.3 Å². The molecule has 0 radical (unpaired) electrons. The van der Waals surface area contributed by atoms with Crippen molar-refractivity contribution >= 4 is 28.5 Å². The fraction of sp³-hybridized carbons (Fsp3) is 0.167. The summed E-state index contributed by atoms with van der Waals surface area (Å²) < 4.78 is 35.6. The molecule has 3 rings (SSSR count). The highest BCUT2D eigenvalue weighted by Gasteiger charge is 2.12. The number of amides is 1. The number of fused-ring (bicyclic) bond motifs is 1. The van der Waals surface area contributed by atoms with Crippen molar-refractivity contribution in [3.8, 4) is 11.5 Å². The van der Waals surface area contributed by atoms with Gasteiger partial charge in [0.05, 0.1) is 0 Å². The molecule has 0 unspecified atom stereocenters.